The summed E-state index contributed by atoms with van der Waals surface area (Å²) < 4.78 is 40.9. The standard InChI is InChI=1S/C32H29F2N3O3/c33-14-30-25(4-3-6-28(30)29-5-1-2-7-31(29)34)21-39-27-9-8-24(18-37-11-10-26(38)19-37)32(13-27)40-20-23-12-22(15-35)16-36-17-23/h1-9,12-13,16-17,26,38H,10-11,14,18-21H2. The van der Waals surface area contributed by atoms with Crippen LogP contribution in [0.5, 0.6) is 11.5 Å². The maximum absolute atomic E-state index is 14.5. The van der Waals surface area contributed by atoms with Crippen molar-refractivity contribution in [2.75, 3.05) is 13.1 Å². The molecule has 204 valence electrons. The summed E-state index contributed by atoms with van der Waals surface area (Å²) in [4.78, 5) is 6.26. The van der Waals surface area contributed by atoms with Gasteiger partial charge in [-0.1, -0.05) is 42.5 Å². The fourth-order valence-electron chi connectivity index (χ4n) is 4.90. The minimum atomic E-state index is -0.756. The number of halogens is 2. The number of alkyl halides is 1. The Labute approximate surface area is 232 Å². The van der Waals surface area contributed by atoms with Gasteiger partial charge in [0.25, 0.3) is 0 Å². The lowest BCUT2D eigenvalue weighted by molar-refractivity contribution is 0.174. The normalized spacial score (nSPS) is 15.1. The van der Waals surface area contributed by atoms with E-state index in [4.69, 9.17) is 9.47 Å². The first-order valence-electron chi connectivity index (χ1n) is 13.1. The van der Waals surface area contributed by atoms with E-state index >= 15 is 0 Å². The van der Waals surface area contributed by atoms with Gasteiger partial charge >= 0.3 is 0 Å². The highest BCUT2D eigenvalue weighted by atomic mass is 19.1. The lowest BCUT2D eigenvalue weighted by atomic mass is 9.96. The fraction of sp³-hybridized carbons (Fsp3) is 0.250. The molecule has 0 aliphatic carbocycles. The first-order valence-corrected chi connectivity index (χ1v) is 13.1. The molecule has 1 atom stereocenters. The molecule has 1 aliphatic rings. The quantitative estimate of drug-likeness (QED) is 0.267. The van der Waals surface area contributed by atoms with E-state index in [0.29, 0.717) is 52.4 Å². The molecular formula is C32H29F2N3O3. The van der Waals surface area contributed by atoms with Crippen molar-refractivity contribution < 1.29 is 23.4 Å². The predicted molar refractivity (Wildman–Crippen MR) is 147 cm³/mol. The lowest BCUT2D eigenvalue weighted by Gasteiger charge is -2.19. The Bertz CT molecular complexity index is 1520. The average Bonchev–Trinajstić information content (AvgIpc) is 3.40. The van der Waals surface area contributed by atoms with E-state index in [1.165, 1.54) is 12.3 Å². The Balaban J connectivity index is 1.37. The van der Waals surface area contributed by atoms with Gasteiger partial charge in [-0.2, -0.15) is 5.26 Å². The van der Waals surface area contributed by atoms with Gasteiger partial charge in [-0.05, 0) is 41.3 Å². The van der Waals surface area contributed by atoms with Crippen LogP contribution in [-0.2, 0) is 26.4 Å². The molecule has 5 rings (SSSR count). The predicted octanol–water partition coefficient (Wildman–Crippen LogP) is 5.95. The summed E-state index contributed by atoms with van der Waals surface area (Å²) in [5, 5.41) is 19.1. The number of nitrogens with zero attached hydrogens (tertiary/aromatic N) is 3. The average molecular weight is 542 g/mol. The third-order valence-electron chi connectivity index (χ3n) is 6.96. The Morgan fingerprint density at radius 3 is 2.60 bits per heavy atom. The van der Waals surface area contributed by atoms with Crippen molar-refractivity contribution in [2.24, 2.45) is 0 Å². The molecule has 0 amide bonds. The van der Waals surface area contributed by atoms with Crippen LogP contribution in [0.3, 0.4) is 0 Å². The van der Waals surface area contributed by atoms with Crippen molar-refractivity contribution in [3.05, 3.63) is 113 Å². The highest BCUT2D eigenvalue weighted by Gasteiger charge is 2.22. The third-order valence-corrected chi connectivity index (χ3v) is 6.96. The summed E-state index contributed by atoms with van der Waals surface area (Å²) >= 11 is 0. The first-order chi connectivity index (χ1) is 19.5. The SMILES string of the molecule is N#Cc1cncc(COc2cc(OCc3cccc(-c4ccccc4F)c3CF)ccc2CN2CCC(O)C2)c1. The molecule has 1 unspecified atom stereocenters. The summed E-state index contributed by atoms with van der Waals surface area (Å²) in [5.74, 6) is 0.728. The van der Waals surface area contributed by atoms with Crippen LogP contribution in [0.15, 0.2) is 79.1 Å². The number of hydrogen-bond donors (Lipinski definition) is 1. The van der Waals surface area contributed by atoms with E-state index in [-0.39, 0.29) is 19.3 Å². The fourth-order valence-corrected chi connectivity index (χ4v) is 4.90. The molecular weight excluding hydrogens is 512 g/mol. The van der Waals surface area contributed by atoms with Gasteiger partial charge in [0.05, 0.1) is 11.7 Å². The maximum atomic E-state index is 14.5. The van der Waals surface area contributed by atoms with Crippen molar-refractivity contribution >= 4 is 0 Å². The molecule has 40 heavy (non-hydrogen) atoms. The third kappa shape index (κ3) is 6.45. The van der Waals surface area contributed by atoms with E-state index < -0.39 is 12.5 Å². The van der Waals surface area contributed by atoms with Gasteiger partial charge in [-0.3, -0.25) is 9.88 Å². The zero-order valence-electron chi connectivity index (χ0n) is 21.9. The van der Waals surface area contributed by atoms with Gasteiger partial charge in [0.1, 0.15) is 43.3 Å². The van der Waals surface area contributed by atoms with Gasteiger partial charge in [0.2, 0.25) is 0 Å². The molecule has 3 aromatic carbocycles. The first kappa shape index (κ1) is 27.3. The molecule has 1 N–H and O–H groups in total. The zero-order valence-corrected chi connectivity index (χ0v) is 21.9. The smallest absolute Gasteiger partial charge is 0.131 e. The topological polar surface area (TPSA) is 78.6 Å². The van der Waals surface area contributed by atoms with E-state index in [1.807, 2.05) is 12.1 Å². The Morgan fingerprint density at radius 2 is 1.82 bits per heavy atom. The Kier molecular flexibility index (Phi) is 8.65. The molecule has 1 aromatic heterocycles. The summed E-state index contributed by atoms with van der Waals surface area (Å²) in [5.41, 5.74) is 3.99. The number of hydrogen-bond acceptors (Lipinski definition) is 6. The summed E-state index contributed by atoms with van der Waals surface area (Å²) in [6.45, 7) is 1.52. The number of rotatable bonds is 10. The number of benzene rings is 3. The minimum absolute atomic E-state index is 0.0901. The van der Waals surface area contributed by atoms with E-state index in [1.54, 1.807) is 54.7 Å². The van der Waals surface area contributed by atoms with Crippen molar-refractivity contribution in [3.63, 3.8) is 0 Å². The second-order valence-corrected chi connectivity index (χ2v) is 9.77. The number of likely N-dealkylation sites (tertiary alicyclic amines) is 1. The van der Waals surface area contributed by atoms with Crippen LogP contribution in [0.1, 0.15) is 34.2 Å². The van der Waals surface area contributed by atoms with E-state index in [9.17, 15) is 19.1 Å². The van der Waals surface area contributed by atoms with Crippen molar-refractivity contribution in [3.8, 4) is 28.7 Å². The van der Waals surface area contributed by atoms with E-state index in [0.717, 1.165) is 24.1 Å². The van der Waals surface area contributed by atoms with Crippen LogP contribution >= 0.6 is 0 Å². The van der Waals surface area contributed by atoms with Crippen molar-refractivity contribution in [1.82, 2.24) is 9.88 Å². The van der Waals surface area contributed by atoms with Gasteiger partial charge in [-0.25, -0.2) is 8.78 Å². The van der Waals surface area contributed by atoms with E-state index in [2.05, 4.69) is 16.0 Å². The molecule has 6 nitrogen and oxygen atoms in total. The van der Waals surface area contributed by atoms with Gasteiger partial charge in [0.15, 0.2) is 0 Å². The highest BCUT2D eigenvalue weighted by Crippen LogP contribution is 2.32. The Morgan fingerprint density at radius 1 is 0.975 bits per heavy atom. The maximum Gasteiger partial charge on any atom is 0.131 e. The highest BCUT2D eigenvalue weighted by molar-refractivity contribution is 5.69. The van der Waals surface area contributed by atoms with Crippen LogP contribution in [0.2, 0.25) is 0 Å². The second kappa shape index (κ2) is 12.7. The molecule has 1 fully saturated rings. The molecule has 0 radical (unpaired) electrons. The molecule has 1 aliphatic heterocycles. The number of aliphatic hydroxyl groups is 1. The van der Waals surface area contributed by atoms with Crippen LogP contribution in [0.4, 0.5) is 8.78 Å². The van der Waals surface area contributed by atoms with Crippen LogP contribution in [0.25, 0.3) is 11.1 Å². The Hall–Kier alpha value is -4.32. The monoisotopic (exact) mass is 541 g/mol. The van der Waals surface area contributed by atoms with Crippen LogP contribution in [0, 0.1) is 17.1 Å². The summed E-state index contributed by atoms with van der Waals surface area (Å²) in [7, 11) is 0. The van der Waals surface area contributed by atoms with Crippen molar-refractivity contribution in [2.45, 2.75) is 39.0 Å². The summed E-state index contributed by atoms with van der Waals surface area (Å²) in [6, 6.07) is 20.9. The number of pyridine rings is 1. The number of β-amino-alcohol motifs (C(OH)–C–C–N with tert-alkyl or cyclic N) is 1. The second-order valence-electron chi connectivity index (χ2n) is 9.77. The molecule has 1 saturated heterocycles. The molecule has 2 heterocycles. The van der Waals surface area contributed by atoms with Gasteiger partial charge in [0, 0.05) is 54.8 Å². The number of nitriles is 1. The lowest BCUT2D eigenvalue weighted by Crippen LogP contribution is -2.21. The van der Waals surface area contributed by atoms with Crippen LogP contribution < -0.4 is 9.47 Å². The minimum Gasteiger partial charge on any atom is -0.489 e. The summed E-state index contributed by atoms with van der Waals surface area (Å²) in [6.07, 6.45) is 3.54. The number of aliphatic hydroxyl groups excluding tert-OH is 1. The zero-order chi connectivity index (χ0) is 27.9. The number of ether oxygens (including phenoxy) is 2. The molecule has 0 saturated carbocycles. The molecule has 8 heteroatoms. The molecule has 0 bridgehead atoms. The molecule has 4 aromatic rings. The molecule has 0 spiro atoms. The largest absolute Gasteiger partial charge is 0.489 e. The number of aromatic nitrogens is 1. The van der Waals surface area contributed by atoms with Gasteiger partial charge < -0.3 is 14.6 Å². The van der Waals surface area contributed by atoms with Crippen molar-refractivity contribution in [1.29, 1.82) is 5.26 Å². The van der Waals surface area contributed by atoms with Crippen LogP contribution in [-0.4, -0.2) is 34.2 Å². The van der Waals surface area contributed by atoms with Gasteiger partial charge in [-0.15, -0.1) is 0 Å².